The normalized spacial score (nSPS) is 13.9. The molecule has 106 valence electrons. The van der Waals surface area contributed by atoms with Crippen molar-refractivity contribution in [1.82, 2.24) is 4.90 Å². The molecule has 0 aromatic heterocycles. The Kier molecular flexibility index (Phi) is 6.71. The second-order valence-corrected chi connectivity index (χ2v) is 5.18. The summed E-state index contributed by atoms with van der Waals surface area (Å²) in [6, 6.07) is 4.91. The Labute approximate surface area is 120 Å². The van der Waals surface area contributed by atoms with E-state index in [2.05, 4.69) is 0 Å². The molecule has 1 aromatic carbocycles. The topological polar surface area (TPSA) is 40.5 Å². The molecule has 1 N–H and O–H groups in total. The molecule has 0 bridgehead atoms. The van der Waals surface area contributed by atoms with Crippen molar-refractivity contribution in [3.63, 3.8) is 0 Å². The number of hydrogen-bond acceptors (Lipinski definition) is 2. The fraction of sp³-hybridized carbons (Fsp3) is 0.533. The van der Waals surface area contributed by atoms with Gasteiger partial charge in [-0.3, -0.25) is 4.79 Å². The molecule has 1 aliphatic rings. The maximum absolute atomic E-state index is 11.2. The van der Waals surface area contributed by atoms with Crippen LogP contribution < -0.4 is 0 Å². The smallest absolute Gasteiger partial charge is 0.222 e. The molecule has 0 unspecified atom stereocenters. The molecule has 0 radical (unpaired) electrons. The minimum absolute atomic E-state index is 0.214. The first-order chi connectivity index (χ1) is 9.04. The number of aryl methyl sites for hydroxylation is 1. The van der Waals surface area contributed by atoms with Crippen LogP contribution in [0.1, 0.15) is 38.2 Å². The molecule has 0 aliphatic carbocycles. The largest absolute Gasteiger partial charge is 0.508 e. The first kappa shape index (κ1) is 15.8. The van der Waals surface area contributed by atoms with E-state index in [1.165, 1.54) is 18.9 Å². The SMILES string of the molecule is CCCC(=O)N1CCCC1.Cc1ccc(O)cc1Cl. The Morgan fingerprint density at radius 1 is 1.37 bits per heavy atom. The van der Waals surface area contributed by atoms with Gasteiger partial charge in [-0.1, -0.05) is 24.6 Å². The van der Waals surface area contributed by atoms with Crippen LogP contribution in [0.5, 0.6) is 5.75 Å². The zero-order chi connectivity index (χ0) is 14.3. The molecule has 0 spiro atoms. The standard InChI is InChI=1S/C8H15NO.C7H7ClO/c1-2-5-8(10)9-6-3-4-7-9;1-5-2-3-6(9)4-7(5)8/h2-7H2,1H3;2-4,9H,1H3. The molecule has 1 heterocycles. The van der Waals surface area contributed by atoms with Crippen molar-refractivity contribution >= 4 is 17.5 Å². The Balaban J connectivity index is 0.000000191. The molecule has 1 aromatic rings. The van der Waals surface area contributed by atoms with Gasteiger partial charge in [-0.05, 0) is 43.9 Å². The molecule has 1 amide bonds. The van der Waals surface area contributed by atoms with E-state index in [0.29, 0.717) is 10.9 Å². The lowest BCUT2D eigenvalue weighted by molar-refractivity contribution is -0.130. The fourth-order valence-electron chi connectivity index (χ4n) is 1.92. The molecule has 0 saturated carbocycles. The summed E-state index contributed by atoms with van der Waals surface area (Å²) in [5, 5.41) is 9.46. The zero-order valence-corrected chi connectivity index (χ0v) is 12.4. The van der Waals surface area contributed by atoms with E-state index in [4.69, 9.17) is 16.7 Å². The summed E-state index contributed by atoms with van der Waals surface area (Å²) in [4.78, 5) is 13.1. The average molecular weight is 284 g/mol. The van der Waals surface area contributed by atoms with Crippen molar-refractivity contribution in [3.8, 4) is 5.75 Å². The second kappa shape index (κ2) is 8.05. The van der Waals surface area contributed by atoms with E-state index in [9.17, 15) is 4.79 Å². The average Bonchev–Trinajstić information content (AvgIpc) is 2.89. The van der Waals surface area contributed by atoms with Crippen LogP contribution in [0, 0.1) is 6.92 Å². The third-order valence-corrected chi connectivity index (χ3v) is 3.49. The number of halogens is 1. The molecule has 3 nitrogen and oxygen atoms in total. The lowest BCUT2D eigenvalue weighted by atomic mass is 10.2. The molecule has 1 aliphatic heterocycles. The third kappa shape index (κ3) is 5.52. The summed E-state index contributed by atoms with van der Waals surface area (Å²) < 4.78 is 0. The molecule has 4 heteroatoms. The number of hydrogen-bond donors (Lipinski definition) is 1. The van der Waals surface area contributed by atoms with Crippen LogP contribution in [0.25, 0.3) is 0 Å². The monoisotopic (exact) mass is 283 g/mol. The lowest BCUT2D eigenvalue weighted by Gasteiger charge is -2.13. The summed E-state index contributed by atoms with van der Waals surface area (Å²) in [5.74, 6) is 0.561. The third-order valence-electron chi connectivity index (χ3n) is 3.08. The number of phenols is 1. The molecule has 19 heavy (non-hydrogen) atoms. The number of rotatable bonds is 2. The minimum atomic E-state index is 0.214. The predicted molar refractivity (Wildman–Crippen MR) is 78.6 cm³/mol. The number of benzene rings is 1. The number of likely N-dealkylation sites (tertiary alicyclic amines) is 1. The van der Waals surface area contributed by atoms with E-state index >= 15 is 0 Å². The highest BCUT2D eigenvalue weighted by Gasteiger charge is 2.15. The van der Waals surface area contributed by atoms with Gasteiger partial charge in [0.1, 0.15) is 5.75 Å². The quantitative estimate of drug-likeness (QED) is 0.898. The van der Waals surface area contributed by atoms with E-state index in [0.717, 1.165) is 31.5 Å². The number of nitrogens with zero attached hydrogens (tertiary/aromatic N) is 1. The van der Waals surface area contributed by atoms with Crippen LogP contribution in [0.3, 0.4) is 0 Å². The summed E-state index contributed by atoms with van der Waals surface area (Å²) >= 11 is 5.65. The summed E-state index contributed by atoms with van der Waals surface area (Å²) in [6.45, 7) is 5.94. The Morgan fingerprint density at radius 2 is 2.00 bits per heavy atom. The fourth-order valence-corrected chi connectivity index (χ4v) is 2.10. The van der Waals surface area contributed by atoms with Gasteiger partial charge in [-0.2, -0.15) is 0 Å². The van der Waals surface area contributed by atoms with E-state index in [-0.39, 0.29) is 5.75 Å². The minimum Gasteiger partial charge on any atom is -0.508 e. The van der Waals surface area contributed by atoms with Crippen molar-refractivity contribution < 1.29 is 9.90 Å². The Hall–Kier alpha value is -1.22. The van der Waals surface area contributed by atoms with Gasteiger partial charge >= 0.3 is 0 Å². The lowest BCUT2D eigenvalue weighted by Crippen LogP contribution is -2.26. The van der Waals surface area contributed by atoms with Gasteiger partial charge in [0.15, 0.2) is 0 Å². The molecule has 0 atom stereocenters. The highest BCUT2D eigenvalue weighted by molar-refractivity contribution is 6.31. The molecule has 2 rings (SSSR count). The predicted octanol–water partition coefficient (Wildman–Crippen LogP) is 3.76. The number of amides is 1. The first-order valence-electron chi connectivity index (χ1n) is 6.77. The van der Waals surface area contributed by atoms with Crippen molar-refractivity contribution in [1.29, 1.82) is 0 Å². The molecule has 1 saturated heterocycles. The molecular formula is C15H22ClNO2. The van der Waals surface area contributed by atoms with Crippen LogP contribution in [-0.4, -0.2) is 29.0 Å². The first-order valence-corrected chi connectivity index (χ1v) is 7.15. The van der Waals surface area contributed by atoms with Crippen LogP contribution in [0.4, 0.5) is 0 Å². The van der Waals surface area contributed by atoms with Crippen LogP contribution in [0.2, 0.25) is 5.02 Å². The van der Waals surface area contributed by atoms with Gasteiger partial charge in [-0.25, -0.2) is 0 Å². The van der Waals surface area contributed by atoms with Crippen molar-refractivity contribution in [2.75, 3.05) is 13.1 Å². The summed E-state index contributed by atoms with van der Waals surface area (Å²) in [7, 11) is 0. The van der Waals surface area contributed by atoms with Gasteiger partial charge in [0.25, 0.3) is 0 Å². The van der Waals surface area contributed by atoms with Gasteiger partial charge < -0.3 is 10.0 Å². The highest BCUT2D eigenvalue weighted by Crippen LogP contribution is 2.19. The van der Waals surface area contributed by atoms with Crippen molar-refractivity contribution in [3.05, 3.63) is 28.8 Å². The summed E-state index contributed by atoms with van der Waals surface area (Å²) in [5.41, 5.74) is 0.981. The van der Waals surface area contributed by atoms with Gasteiger partial charge in [0.05, 0.1) is 0 Å². The zero-order valence-electron chi connectivity index (χ0n) is 11.7. The number of phenolic OH excluding ortho intramolecular Hbond substituents is 1. The Morgan fingerprint density at radius 3 is 2.47 bits per heavy atom. The van der Waals surface area contributed by atoms with Gasteiger partial charge in [-0.15, -0.1) is 0 Å². The van der Waals surface area contributed by atoms with Crippen LogP contribution in [-0.2, 0) is 4.79 Å². The van der Waals surface area contributed by atoms with Crippen molar-refractivity contribution in [2.24, 2.45) is 0 Å². The maximum Gasteiger partial charge on any atom is 0.222 e. The number of carbonyl (C=O) groups excluding carboxylic acids is 1. The summed E-state index contributed by atoms with van der Waals surface area (Å²) in [6.07, 6.45) is 4.13. The van der Waals surface area contributed by atoms with E-state index in [1.807, 2.05) is 18.7 Å². The van der Waals surface area contributed by atoms with Crippen LogP contribution in [0.15, 0.2) is 18.2 Å². The number of aromatic hydroxyl groups is 1. The van der Waals surface area contributed by atoms with Crippen LogP contribution >= 0.6 is 11.6 Å². The van der Waals surface area contributed by atoms with E-state index < -0.39 is 0 Å². The molecule has 1 fully saturated rings. The second-order valence-electron chi connectivity index (χ2n) is 4.77. The van der Waals surface area contributed by atoms with E-state index in [1.54, 1.807) is 12.1 Å². The molecular weight excluding hydrogens is 262 g/mol. The maximum atomic E-state index is 11.2. The highest BCUT2D eigenvalue weighted by atomic mass is 35.5. The van der Waals surface area contributed by atoms with Crippen molar-refractivity contribution in [2.45, 2.75) is 39.5 Å². The van der Waals surface area contributed by atoms with Gasteiger partial charge in [0.2, 0.25) is 5.91 Å². The van der Waals surface area contributed by atoms with Gasteiger partial charge in [0, 0.05) is 24.5 Å². The Bertz CT molecular complexity index is 415. The number of carbonyl (C=O) groups is 1.